The van der Waals surface area contributed by atoms with Crippen LogP contribution in [0.25, 0.3) is 0 Å². The Morgan fingerprint density at radius 3 is 2.58 bits per heavy atom. The van der Waals surface area contributed by atoms with Crippen LogP contribution in [-0.4, -0.2) is 23.1 Å². The topological polar surface area (TPSA) is 75.9 Å². The summed E-state index contributed by atoms with van der Waals surface area (Å²) >= 11 is 0. The lowest BCUT2D eigenvalue weighted by atomic mass is 10.2. The van der Waals surface area contributed by atoms with Crippen LogP contribution in [0.1, 0.15) is 5.56 Å². The summed E-state index contributed by atoms with van der Waals surface area (Å²) in [6.07, 6.45) is 1.45. The van der Waals surface area contributed by atoms with Crippen molar-refractivity contribution < 1.29 is 4.39 Å². The maximum absolute atomic E-state index is 13.4. The second-order valence-corrected chi connectivity index (χ2v) is 3.95. The normalized spacial score (nSPS) is 10.2. The molecule has 0 aliphatic carbocycles. The molecule has 0 saturated heterocycles. The molecule has 0 saturated carbocycles. The third-order valence-electron chi connectivity index (χ3n) is 2.54. The van der Waals surface area contributed by atoms with Gasteiger partial charge in [-0.3, -0.25) is 0 Å². The van der Waals surface area contributed by atoms with Gasteiger partial charge in [-0.25, -0.2) is 14.4 Å². The van der Waals surface area contributed by atoms with Gasteiger partial charge in [0.05, 0.1) is 0 Å². The molecule has 2 rings (SSSR count). The zero-order valence-corrected chi connectivity index (χ0v) is 10.4. The number of nitrogens with one attached hydrogen (secondary N) is 2. The minimum absolute atomic E-state index is 0.231. The largest absolute Gasteiger partial charge is 0.369 e. The molecule has 0 amide bonds. The van der Waals surface area contributed by atoms with Gasteiger partial charge < -0.3 is 16.4 Å². The van der Waals surface area contributed by atoms with Crippen molar-refractivity contribution in [3.05, 3.63) is 48.0 Å². The third kappa shape index (κ3) is 3.89. The first kappa shape index (κ1) is 13.2. The summed E-state index contributed by atoms with van der Waals surface area (Å²) in [5.41, 5.74) is 6.00. The summed E-state index contributed by atoms with van der Waals surface area (Å²) < 4.78 is 13.4. The van der Waals surface area contributed by atoms with Crippen molar-refractivity contribution in [2.45, 2.75) is 6.54 Å². The second kappa shape index (κ2) is 6.65. The van der Waals surface area contributed by atoms with Crippen LogP contribution in [0.15, 0.2) is 36.7 Å². The molecule has 1 heterocycles. The Labute approximate surface area is 111 Å². The van der Waals surface area contributed by atoms with Gasteiger partial charge in [0.1, 0.15) is 23.8 Å². The van der Waals surface area contributed by atoms with Crippen LogP contribution < -0.4 is 16.4 Å². The summed E-state index contributed by atoms with van der Waals surface area (Å²) in [6, 6.07) is 8.39. The van der Waals surface area contributed by atoms with Crippen molar-refractivity contribution in [1.29, 1.82) is 0 Å². The van der Waals surface area contributed by atoms with Gasteiger partial charge in [0.2, 0.25) is 0 Å². The number of hydrogen-bond acceptors (Lipinski definition) is 5. The molecule has 100 valence electrons. The van der Waals surface area contributed by atoms with E-state index in [9.17, 15) is 4.39 Å². The Hall–Kier alpha value is -2.21. The van der Waals surface area contributed by atoms with E-state index in [1.807, 2.05) is 0 Å². The van der Waals surface area contributed by atoms with Crippen molar-refractivity contribution >= 4 is 11.6 Å². The maximum Gasteiger partial charge on any atom is 0.131 e. The van der Waals surface area contributed by atoms with Crippen LogP contribution in [0, 0.1) is 5.82 Å². The SMILES string of the molecule is NCCNc1cc(NCc2ccccc2F)ncn1. The van der Waals surface area contributed by atoms with E-state index >= 15 is 0 Å². The maximum atomic E-state index is 13.4. The monoisotopic (exact) mass is 261 g/mol. The molecular formula is C13H16FN5. The smallest absolute Gasteiger partial charge is 0.131 e. The van der Waals surface area contributed by atoms with E-state index in [1.54, 1.807) is 24.3 Å². The molecule has 0 unspecified atom stereocenters. The van der Waals surface area contributed by atoms with E-state index in [2.05, 4.69) is 20.6 Å². The van der Waals surface area contributed by atoms with Crippen LogP contribution in [0.3, 0.4) is 0 Å². The number of rotatable bonds is 6. The quantitative estimate of drug-likeness (QED) is 0.736. The third-order valence-corrected chi connectivity index (χ3v) is 2.54. The van der Waals surface area contributed by atoms with Gasteiger partial charge in [0.25, 0.3) is 0 Å². The van der Waals surface area contributed by atoms with Crippen LogP contribution in [0.2, 0.25) is 0 Å². The van der Waals surface area contributed by atoms with Crippen LogP contribution in [0.5, 0.6) is 0 Å². The van der Waals surface area contributed by atoms with E-state index in [4.69, 9.17) is 5.73 Å². The highest BCUT2D eigenvalue weighted by molar-refractivity contribution is 5.46. The first-order chi connectivity index (χ1) is 9.29. The molecule has 0 bridgehead atoms. The van der Waals surface area contributed by atoms with Crippen molar-refractivity contribution in [2.75, 3.05) is 23.7 Å². The predicted molar refractivity (Wildman–Crippen MR) is 73.3 cm³/mol. The highest BCUT2D eigenvalue weighted by Gasteiger charge is 2.02. The van der Waals surface area contributed by atoms with Crippen molar-refractivity contribution in [3.8, 4) is 0 Å². The predicted octanol–water partition coefficient (Wildman–Crippen LogP) is 1.60. The molecule has 5 nitrogen and oxygen atoms in total. The lowest BCUT2D eigenvalue weighted by Gasteiger charge is -2.08. The first-order valence-electron chi connectivity index (χ1n) is 6.03. The molecule has 0 fully saturated rings. The van der Waals surface area contributed by atoms with E-state index in [-0.39, 0.29) is 5.82 Å². The van der Waals surface area contributed by atoms with Crippen molar-refractivity contribution in [3.63, 3.8) is 0 Å². The van der Waals surface area contributed by atoms with E-state index in [1.165, 1.54) is 12.4 Å². The molecule has 19 heavy (non-hydrogen) atoms. The number of aromatic nitrogens is 2. The van der Waals surface area contributed by atoms with Gasteiger partial charge in [-0.2, -0.15) is 0 Å². The molecule has 0 aliphatic heterocycles. The number of nitrogens with zero attached hydrogens (tertiary/aromatic N) is 2. The van der Waals surface area contributed by atoms with E-state index in [0.29, 0.717) is 36.8 Å². The molecule has 4 N–H and O–H groups in total. The van der Waals surface area contributed by atoms with Gasteiger partial charge in [-0.05, 0) is 6.07 Å². The van der Waals surface area contributed by atoms with Crippen LogP contribution in [-0.2, 0) is 6.54 Å². The lowest BCUT2D eigenvalue weighted by molar-refractivity contribution is 0.613. The number of halogens is 1. The van der Waals surface area contributed by atoms with Gasteiger partial charge in [0.15, 0.2) is 0 Å². The van der Waals surface area contributed by atoms with Crippen LogP contribution in [0.4, 0.5) is 16.0 Å². The molecule has 0 radical (unpaired) electrons. The Balaban J connectivity index is 1.98. The van der Waals surface area contributed by atoms with Crippen molar-refractivity contribution in [1.82, 2.24) is 9.97 Å². The van der Waals surface area contributed by atoms with Gasteiger partial charge in [0, 0.05) is 31.3 Å². The molecule has 6 heteroatoms. The highest BCUT2D eigenvalue weighted by Crippen LogP contribution is 2.11. The van der Waals surface area contributed by atoms with Crippen molar-refractivity contribution in [2.24, 2.45) is 5.73 Å². The Bertz CT molecular complexity index is 532. The van der Waals surface area contributed by atoms with Gasteiger partial charge in [-0.15, -0.1) is 0 Å². The number of hydrogen-bond donors (Lipinski definition) is 3. The molecular weight excluding hydrogens is 245 g/mol. The Morgan fingerprint density at radius 2 is 1.84 bits per heavy atom. The average Bonchev–Trinajstić information content (AvgIpc) is 2.45. The molecule has 0 atom stereocenters. The minimum Gasteiger partial charge on any atom is -0.369 e. The molecule has 1 aromatic heterocycles. The fourth-order valence-electron chi connectivity index (χ4n) is 1.58. The molecule has 0 spiro atoms. The molecule has 0 aliphatic rings. The first-order valence-corrected chi connectivity index (χ1v) is 6.03. The summed E-state index contributed by atoms with van der Waals surface area (Å²) in [5.74, 6) is 1.10. The fourth-order valence-corrected chi connectivity index (χ4v) is 1.58. The summed E-state index contributed by atoms with van der Waals surface area (Å²) in [6.45, 7) is 1.55. The van der Waals surface area contributed by atoms with Crippen LogP contribution >= 0.6 is 0 Å². The molecule has 2 aromatic rings. The van der Waals surface area contributed by atoms with Gasteiger partial charge >= 0.3 is 0 Å². The van der Waals surface area contributed by atoms with Gasteiger partial charge in [-0.1, -0.05) is 18.2 Å². The zero-order chi connectivity index (χ0) is 13.5. The summed E-state index contributed by atoms with van der Waals surface area (Å²) in [5, 5.41) is 6.11. The second-order valence-electron chi connectivity index (χ2n) is 3.95. The Kier molecular flexibility index (Phi) is 4.63. The lowest BCUT2D eigenvalue weighted by Crippen LogP contribution is -2.14. The van der Waals surface area contributed by atoms with E-state index < -0.39 is 0 Å². The number of benzene rings is 1. The number of nitrogens with two attached hydrogens (primary N) is 1. The highest BCUT2D eigenvalue weighted by atomic mass is 19.1. The summed E-state index contributed by atoms with van der Waals surface area (Å²) in [7, 11) is 0. The Morgan fingerprint density at radius 1 is 1.11 bits per heavy atom. The molecule has 1 aromatic carbocycles. The summed E-state index contributed by atoms with van der Waals surface area (Å²) in [4.78, 5) is 8.13. The fraction of sp³-hybridized carbons (Fsp3) is 0.231. The minimum atomic E-state index is -0.231. The average molecular weight is 261 g/mol. The zero-order valence-electron chi connectivity index (χ0n) is 10.4. The number of anilines is 2. The van der Waals surface area contributed by atoms with E-state index in [0.717, 1.165) is 0 Å². The standard InChI is InChI=1S/C13H16FN5/c14-11-4-2-1-3-10(11)8-17-13-7-12(16-6-5-15)18-9-19-13/h1-4,7,9H,5-6,8,15H2,(H2,16,17,18,19).